The van der Waals surface area contributed by atoms with Crippen LogP contribution in [0.4, 0.5) is 13.2 Å². The van der Waals surface area contributed by atoms with Crippen LogP contribution in [0.1, 0.15) is 36.9 Å². The molecule has 1 aromatic rings. The monoisotopic (exact) mass is 303 g/mol. The normalized spacial score (nSPS) is 24.4. The number of alkyl halides is 3. The van der Waals surface area contributed by atoms with E-state index in [1.807, 2.05) is 0 Å². The number of rotatable bonds is 1. The smallest absolute Gasteiger partial charge is 0.384 e. The van der Waals surface area contributed by atoms with Gasteiger partial charge in [-0.15, -0.1) is 0 Å². The van der Waals surface area contributed by atoms with Gasteiger partial charge < -0.3 is 14.6 Å². The standard InChI is InChI=1S/C14H16F3NO3/c15-14(16,17)10-1-2-11(18-9-10)12(19)3-5-13(6-4-12)20-7-8-21-13/h1-2,9,19H,3-8H2. The average molecular weight is 303 g/mol. The Morgan fingerprint density at radius 1 is 1.05 bits per heavy atom. The molecule has 0 radical (unpaired) electrons. The molecule has 2 aliphatic rings. The Morgan fingerprint density at radius 2 is 1.67 bits per heavy atom. The van der Waals surface area contributed by atoms with Crippen LogP contribution < -0.4 is 0 Å². The first kappa shape index (κ1) is 14.7. The lowest BCUT2D eigenvalue weighted by molar-refractivity contribution is -0.204. The van der Waals surface area contributed by atoms with Gasteiger partial charge in [0.15, 0.2) is 5.79 Å². The fraction of sp³-hybridized carbons (Fsp3) is 0.643. The summed E-state index contributed by atoms with van der Waals surface area (Å²) < 4.78 is 48.7. The fourth-order valence-electron chi connectivity index (χ4n) is 2.92. The molecule has 2 fully saturated rings. The van der Waals surface area contributed by atoms with Crippen molar-refractivity contribution in [3.8, 4) is 0 Å². The highest BCUT2D eigenvalue weighted by Gasteiger charge is 2.47. The largest absolute Gasteiger partial charge is 0.417 e. The Labute approximate surface area is 119 Å². The minimum atomic E-state index is -4.42. The lowest BCUT2D eigenvalue weighted by Gasteiger charge is -2.40. The molecule has 7 heteroatoms. The van der Waals surface area contributed by atoms with E-state index in [0.717, 1.165) is 12.3 Å². The zero-order chi connectivity index (χ0) is 15.1. The molecule has 0 atom stereocenters. The highest BCUT2D eigenvalue weighted by atomic mass is 19.4. The summed E-state index contributed by atoms with van der Waals surface area (Å²) in [6.07, 6.45) is -1.94. The molecular formula is C14H16F3NO3. The summed E-state index contributed by atoms with van der Waals surface area (Å²) in [6.45, 7) is 1.08. The Balaban J connectivity index is 1.74. The number of ether oxygens (including phenoxy) is 2. The molecule has 0 aromatic carbocycles. The second-order valence-electron chi connectivity index (χ2n) is 5.57. The Bertz CT molecular complexity index is 499. The van der Waals surface area contributed by atoms with Crippen molar-refractivity contribution in [1.29, 1.82) is 0 Å². The molecule has 3 rings (SSSR count). The summed E-state index contributed by atoms with van der Waals surface area (Å²) in [5.41, 5.74) is -1.77. The van der Waals surface area contributed by atoms with Crippen molar-refractivity contribution >= 4 is 0 Å². The first-order valence-electron chi connectivity index (χ1n) is 6.87. The van der Waals surface area contributed by atoms with Crippen molar-refractivity contribution < 1.29 is 27.8 Å². The van der Waals surface area contributed by atoms with E-state index in [9.17, 15) is 18.3 Å². The average Bonchev–Trinajstić information content (AvgIpc) is 2.91. The minimum absolute atomic E-state index is 0.267. The van der Waals surface area contributed by atoms with E-state index in [4.69, 9.17) is 9.47 Å². The number of halogens is 3. The lowest BCUT2D eigenvalue weighted by Crippen LogP contribution is -2.42. The topological polar surface area (TPSA) is 51.6 Å². The van der Waals surface area contributed by atoms with Gasteiger partial charge in [-0.2, -0.15) is 13.2 Å². The highest BCUT2D eigenvalue weighted by molar-refractivity contribution is 5.21. The molecule has 0 bridgehead atoms. The number of nitrogens with zero attached hydrogens (tertiary/aromatic N) is 1. The molecule has 2 heterocycles. The zero-order valence-electron chi connectivity index (χ0n) is 11.3. The van der Waals surface area contributed by atoms with Gasteiger partial charge in [-0.05, 0) is 25.0 Å². The molecule has 0 unspecified atom stereocenters. The van der Waals surface area contributed by atoms with Crippen LogP contribution >= 0.6 is 0 Å². The zero-order valence-corrected chi connectivity index (χ0v) is 11.3. The second kappa shape index (κ2) is 4.93. The fourth-order valence-corrected chi connectivity index (χ4v) is 2.92. The maximum absolute atomic E-state index is 12.5. The van der Waals surface area contributed by atoms with Crippen LogP contribution in [-0.2, 0) is 21.3 Å². The van der Waals surface area contributed by atoms with E-state index in [1.54, 1.807) is 0 Å². The van der Waals surface area contributed by atoms with E-state index in [2.05, 4.69) is 4.98 Å². The molecule has 4 nitrogen and oxygen atoms in total. The molecule has 0 amide bonds. The third-order valence-corrected chi connectivity index (χ3v) is 4.22. The Kier molecular flexibility index (Phi) is 3.46. The van der Waals surface area contributed by atoms with Gasteiger partial charge in [0.25, 0.3) is 0 Å². The number of hydrogen-bond acceptors (Lipinski definition) is 4. The molecule has 1 aliphatic carbocycles. The van der Waals surface area contributed by atoms with Crippen LogP contribution in [0.2, 0.25) is 0 Å². The molecule has 1 spiro atoms. The van der Waals surface area contributed by atoms with Gasteiger partial charge in [0, 0.05) is 19.0 Å². The third kappa shape index (κ3) is 2.77. The number of aromatic nitrogens is 1. The van der Waals surface area contributed by atoms with Crippen molar-refractivity contribution in [3.63, 3.8) is 0 Å². The van der Waals surface area contributed by atoms with Crippen molar-refractivity contribution in [2.45, 2.75) is 43.2 Å². The molecule has 1 saturated carbocycles. The van der Waals surface area contributed by atoms with Gasteiger partial charge >= 0.3 is 6.18 Å². The van der Waals surface area contributed by atoms with E-state index < -0.39 is 23.1 Å². The van der Waals surface area contributed by atoms with Crippen molar-refractivity contribution in [3.05, 3.63) is 29.6 Å². The van der Waals surface area contributed by atoms with Gasteiger partial charge in [0.05, 0.1) is 24.5 Å². The van der Waals surface area contributed by atoms with Gasteiger partial charge in [-0.3, -0.25) is 4.98 Å². The molecule has 1 aliphatic heterocycles. The minimum Gasteiger partial charge on any atom is -0.384 e. The quantitative estimate of drug-likeness (QED) is 0.866. The maximum Gasteiger partial charge on any atom is 0.417 e. The summed E-state index contributed by atoms with van der Waals surface area (Å²) in [6, 6.07) is 2.20. The molecule has 1 N–H and O–H groups in total. The van der Waals surface area contributed by atoms with E-state index in [-0.39, 0.29) is 5.69 Å². The molecule has 1 saturated heterocycles. The van der Waals surface area contributed by atoms with Crippen molar-refractivity contribution in [1.82, 2.24) is 4.98 Å². The molecule has 1 aromatic heterocycles. The lowest BCUT2D eigenvalue weighted by atomic mass is 9.79. The highest BCUT2D eigenvalue weighted by Crippen LogP contribution is 2.44. The van der Waals surface area contributed by atoms with Crippen molar-refractivity contribution in [2.75, 3.05) is 13.2 Å². The maximum atomic E-state index is 12.5. The van der Waals surface area contributed by atoms with E-state index >= 15 is 0 Å². The summed E-state index contributed by atoms with van der Waals surface area (Å²) in [5, 5.41) is 10.6. The predicted octanol–water partition coefficient (Wildman–Crippen LogP) is 2.61. The van der Waals surface area contributed by atoms with Gasteiger partial charge in [-0.1, -0.05) is 0 Å². The number of hydrogen-bond donors (Lipinski definition) is 1. The van der Waals surface area contributed by atoms with Crippen LogP contribution in [-0.4, -0.2) is 29.1 Å². The molecular weight excluding hydrogens is 287 g/mol. The summed E-state index contributed by atoms with van der Waals surface area (Å²) in [4.78, 5) is 3.80. The van der Waals surface area contributed by atoms with Gasteiger partial charge in [0.1, 0.15) is 5.60 Å². The summed E-state index contributed by atoms with van der Waals surface area (Å²) >= 11 is 0. The first-order chi connectivity index (χ1) is 9.83. The van der Waals surface area contributed by atoms with E-state index in [1.165, 1.54) is 6.07 Å². The number of aliphatic hydroxyl groups is 1. The van der Waals surface area contributed by atoms with Crippen LogP contribution in [0.15, 0.2) is 18.3 Å². The summed E-state index contributed by atoms with van der Waals surface area (Å²) in [5.74, 6) is -0.627. The molecule has 21 heavy (non-hydrogen) atoms. The van der Waals surface area contributed by atoms with Gasteiger partial charge in [-0.25, -0.2) is 0 Å². The van der Waals surface area contributed by atoms with Gasteiger partial charge in [0.2, 0.25) is 0 Å². The molecule has 116 valence electrons. The van der Waals surface area contributed by atoms with Crippen molar-refractivity contribution in [2.24, 2.45) is 0 Å². The first-order valence-corrected chi connectivity index (χ1v) is 6.87. The second-order valence-corrected chi connectivity index (χ2v) is 5.57. The van der Waals surface area contributed by atoms with E-state index in [0.29, 0.717) is 38.9 Å². The van der Waals surface area contributed by atoms with Crippen LogP contribution in [0.5, 0.6) is 0 Å². The van der Waals surface area contributed by atoms with Crippen LogP contribution in [0, 0.1) is 0 Å². The van der Waals surface area contributed by atoms with Crippen LogP contribution in [0.3, 0.4) is 0 Å². The van der Waals surface area contributed by atoms with Crippen LogP contribution in [0.25, 0.3) is 0 Å². The number of pyridine rings is 1. The summed E-state index contributed by atoms with van der Waals surface area (Å²) in [7, 11) is 0. The Hall–Kier alpha value is -1.18. The third-order valence-electron chi connectivity index (χ3n) is 4.22. The predicted molar refractivity (Wildman–Crippen MR) is 66.2 cm³/mol. The Morgan fingerprint density at radius 3 is 2.14 bits per heavy atom. The SMILES string of the molecule is OC1(c2ccc(C(F)(F)F)cn2)CCC2(CC1)OCCO2.